The van der Waals surface area contributed by atoms with Crippen LogP contribution in [0.2, 0.25) is 0 Å². The number of hydrogen-bond acceptors (Lipinski definition) is 5. The molecular weight excluding hydrogens is 370 g/mol. The van der Waals surface area contributed by atoms with Crippen molar-refractivity contribution in [3.05, 3.63) is 64.7 Å². The molecule has 0 fully saturated rings. The number of hydrogen-bond donors (Lipinski definition) is 4. The highest BCUT2D eigenvalue weighted by Gasteiger charge is 2.29. The van der Waals surface area contributed by atoms with Gasteiger partial charge in [0.05, 0.1) is 11.1 Å². The second-order valence-corrected chi connectivity index (χ2v) is 6.39. The van der Waals surface area contributed by atoms with Gasteiger partial charge in [0.1, 0.15) is 23.7 Å². The third-order valence-corrected chi connectivity index (χ3v) is 4.46. The number of nitrogens with zero attached hydrogens (tertiary/aromatic N) is 2. The van der Waals surface area contributed by atoms with Crippen molar-refractivity contribution < 1.29 is 14.7 Å². The van der Waals surface area contributed by atoms with Gasteiger partial charge < -0.3 is 20.7 Å². The first-order valence-electron chi connectivity index (χ1n) is 8.61. The van der Waals surface area contributed by atoms with Crippen LogP contribution < -0.4 is 10.6 Å². The van der Waals surface area contributed by atoms with Crippen molar-refractivity contribution in [2.24, 2.45) is 0 Å². The molecule has 29 heavy (non-hydrogen) atoms. The average Bonchev–Trinajstić information content (AvgIpc) is 3.23. The predicted molar refractivity (Wildman–Crippen MR) is 109 cm³/mol. The number of terminal acetylenes is 1. The summed E-state index contributed by atoms with van der Waals surface area (Å²) in [7, 11) is 0. The van der Waals surface area contributed by atoms with Crippen LogP contribution in [0.5, 0.6) is 0 Å². The minimum absolute atomic E-state index is 0.0433. The molecule has 3 aromatic rings. The summed E-state index contributed by atoms with van der Waals surface area (Å²) in [6.07, 6.45) is 8.39. The summed E-state index contributed by atoms with van der Waals surface area (Å²) in [6, 6.07) is 8.75. The van der Waals surface area contributed by atoms with E-state index in [0.29, 0.717) is 45.3 Å². The van der Waals surface area contributed by atoms with Crippen LogP contribution in [0.1, 0.15) is 32.9 Å². The highest BCUT2D eigenvalue weighted by Crippen LogP contribution is 2.37. The van der Waals surface area contributed by atoms with Crippen molar-refractivity contribution >= 4 is 40.8 Å². The molecule has 2 aromatic heterocycles. The summed E-state index contributed by atoms with van der Waals surface area (Å²) in [5.41, 5.74) is 3.49. The third kappa shape index (κ3) is 3.33. The number of nitrogens with one attached hydrogen (secondary N) is 3. The smallest absolute Gasteiger partial charge is 0.352 e. The number of aromatic nitrogens is 3. The number of aromatic carboxylic acids is 1. The first kappa shape index (κ1) is 18.0. The Balaban J connectivity index is 1.79. The van der Waals surface area contributed by atoms with Gasteiger partial charge in [-0.2, -0.15) is 0 Å². The molecule has 1 aliphatic rings. The Morgan fingerprint density at radius 2 is 2.14 bits per heavy atom. The van der Waals surface area contributed by atoms with Gasteiger partial charge in [-0.25, -0.2) is 14.8 Å². The first-order valence-corrected chi connectivity index (χ1v) is 8.61. The van der Waals surface area contributed by atoms with Gasteiger partial charge in [0.15, 0.2) is 0 Å². The molecule has 0 radical (unpaired) electrons. The lowest BCUT2D eigenvalue weighted by Crippen LogP contribution is -2.04. The Kier molecular flexibility index (Phi) is 4.33. The zero-order chi connectivity index (χ0) is 20.5. The van der Waals surface area contributed by atoms with Crippen LogP contribution in [0, 0.1) is 19.3 Å². The summed E-state index contributed by atoms with van der Waals surface area (Å²) < 4.78 is 0. The van der Waals surface area contributed by atoms with Gasteiger partial charge in [0, 0.05) is 16.9 Å². The number of H-pyrrole nitrogens is 1. The van der Waals surface area contributed by atoms with Gasteiger partial charge in [0.25, 0.3) is 5.91 Å². The van der Waals surface area contributed by atoms with E-state index >= 15 is 0 Å². The molecule has 4 rings (SSSR count). The van der Waals surface area contributed by atoms with E-state index in [1.807, 2.05) is 12.1 Å². The van der Waals surface area contributed by atoms with E-state index < -0.39 is 5.97 Å². The maximum absolute atomic E-state index is 12.6. The number of fused-ring (bicyclic) bond motifs is 1. The zero-order valence-electron chi connectivity index (χ0n) is 15.3. The number of benzene rings is 1. The molecule has 4 N–H and O–H groups in total. The minimum atomic E-state index is -1.08. The summed E-state index contributed by atoms with van der Waals surface area (Å²) in [5, 5.41) is 15.0. The molecule has 142 valence electrons. The van der Waals surface area contributed by atoms with E-state index in [2.05, 4.69) is 31.5 Å². The van der Waals surface area contributed by atoms with E-state index in [-0.39, 0.29) is 11.6 Å². The van der Waals surface area contributed by atoms with E-state index in [1.54, 1.807) is 25.1 Å². The number of carbonyl (C=O) groups excluding carboxylic acids is 1. The number of carbonyl (C=O) groups is 2. The molecule has 1 aromatic carbocycles. The fourth-order valence-corrected chi connectivity index (χ4v) is 3.06. The predicted octanol–water partition coefficient (Wildman–Crippen LogP) is 3.03. The van der Waals surface area contributed by atoms with Crippen molar-refractivity contribution in [2.75, 3.05) is 10.6 Å². The molecule has 0 bridgehead atoms. The molecule has 3 heterocycles. The van der Waals surface area contributed by atoms with Crippen LogP contribution in [0.4, 0.5) is 17.3 Å². The van der Waals surface area contributed by atoms with Crippen LogP contribution in [0.15, 0.2) is 36.7 Å². The molecular formula is C21H15N5O3. The lowest BCUT2D eigenvalue weighted by atomic mass is 10.1. The fourth-order valence-electron chi connectivity index (χ4n) is 3.06. The highest BCUT2D eigenvalue weighted by atomic mass is 16.4. The molecule has 0 saturated heterocycles. The average molecular weight is 385 g/mol. The zero-order valence-corrected chi connectivity index (χ0v) is 15.3. The topological polar surface area (TPSA) is 120 Å². The number of aromatic amines is 1. The van der Waals surface area contributed by atoms with E-state index in [0.717, 1.165) is 0 Å². The Bertz CT molecular complexity index is 1230. The SMILES string of the molecule is C#Cc1cccc(Nc2ncnc3c2C(=Cc2[nH]c(C(=O)O)cc2C)C(=O)N3)c1. The largest absolute Gasteiger partial charge is 0.477 e. The standard InChI is InChI=1S/C21H15N5O3/c1-3-12-5-4-6-13(8-12)24-18-17-14(20(27)26-19(17)23-10-22-18)9-15-11(2)7-16(25-15)21(28)29/h1,4-10,25H,2H3,(H,28,29)(H2,22,23,24,26,27). The third-order valence-electron chi connectivity index (χ3n) is 4.46. The van der Waals surface area contributed by atoms with Gasteiger partial charge in [-0.1, -0.05) is 12.0 Å². The van der Waals surface area contributed by atoms with Gasteiger partial charge in [0.2, 0.25) is 0 Å². The number of aryl methyl sites for hydroxylation is 1. The van der Waals surface area contributed by atoms with Crippen molar-refractivity contribution in [1.82, 2.24) is 15.0 Å². The second-order valence-electron chi connectivity index (χ2n) is 6.39. The van der Waals surface area contributed by atoms with Gasteiger partial charge in [-0.3, -0.25) is 4.79 Å². The molecule has 8 heteroatoms. The van der Waals surface area contributed by atoms with E-state index in [9.17, 15) is 9.59 Å². The highest BCUT2D eigenvalue weighted by molar-refractivity contribution is 6.35. The molecule has 0 spiro atoms. The molecule has 0 atom stereocenters. The quantitative estimate of drug-likeness (QED) is 0.405. The van der Waals surface area contributed by atoms with Gasteiger partial charge in [-0.05, 0) is 42.8 Å². The van der Waals surface area contributed by atoms with Crippen molar-refractivity contribution in [3.63, 3.8) is 0 Å². The normalized spacial score (nSPS) is 13.7. The Morgan fingerprint density at radius 3 is 2.86 bits per heavy atom. The van der Waals surface area contributed by atoms with Crippen LogP contribution in [0.25, 0.3) is 11.6 Å². The molecule has 0 saturated carbocycles. The Hall–Kier alpha value is -4.38. The number of carboxylic acid groups (broad SMARTS) is 1. The maximum atomic E-state index is 12.6. The molecule has 1 amide bonds. The lowest BCUT2D eigenvalue weighted by molar-refractivity contribution is -0.110. The summed E-state index contributed by atoms with van der Waals surface area (Å²) >= 11 is 0. The molecule has 1 aliphatic heterocycles. The lowest BCUT2D eigenvalue weighted by Gasteiger charge is -2.10. The number of rotatable bonds is 4. The minimum Gasteiger partial charge on any atom is -0.477 e. The summed E-state index contributed by atoms with van der Waals surface area (Å²) in [6.45, 7) is 1.76. The maximum Gasteiger partial charge on any atom is 0.352 e. The molecule has 8 nitrogen and oxygen atoms in total. The summed E-state index contributed by atoms with van der Waals surface area (Å²) in [5.74, 6) is 1.94. The Morgan fingerprint density at radius 1 is 1.31 bits per heavy atom. The van der Waals surface area contributed by atoms with Gasteiger partial charge >= 0.3 is 5.97 Å². The van der Waals surface area contributed by atoms with Crippen LogP contribution >= 0.6 is 0 Å². The summed E-state index contributed by atoms with van der Waals surface area (Å²) in [4.78, 5) is 35.0. The van der Waals surface area contributed by atoms with Crippen molar-refractivity contribution in [1.29, 1.82) is 0 Å². The van der Waals surface area contributed by atoms with Crippen molar-refractivity contribution in [3.8, 4) is 12.3 Å². The van der Waals surface area contributed by atoms with Crippen molar-refractivity contribution in [2.45, 2.75) is 6.92 Å². The second kappa shape index (κ2) is 6.98. The van der Waals surface area contributed by atoms with Crippen LogP contribution in [-0.4, -0.2) is 31.9 Å². The number of amides is 1. The molecule has 0 unspecified atom stereocenters. The van der Waals surface area contributed by atoms with E-state index in [1.165, 1.54) is 12.4 Å². The van der Waals surface area contributed by atoms with Crippen LogP contribution in [-0.2, 0) is 4.79 Å². The first-order chi connectivity index (χ1) is 14.0. The number of carboxylic acids is 1. The molecule has 0 aliphatic carbocycles. The van der Waals surface area contributed by atoms with E-state index in [4.69, 9.17) is 11.5 Å². The van der Waals surface area contributed by atoms with Crippen LogP contribution in [0.3, 0.4) is 0 Å². The fraction of sp³-hybridized carbons (Fsp3) is 0.0476. The Labute approximate surface area is 165 Å². The van der Waals surface area contributed by atoms with Gasteiger partial charge in [-0.15, -0.1) is 6.42 Å². The number of anilines is 3. The monoisotopic (exact) mass is 385 g/mol.